The SMILES string of the molecule is COc1cc2c(O)cc3c(c2cc1SC)-c1ccc(SC)cc1C31CC(C)(C)C(C)(C)C1. The van der Waals surface area contributed by atoms with Gasteiger partial charge >= 0.3 is 0 Å². The number of hydrogen-bond acceptors (Lipinski definition) is 4. The number of fused-ring (bicyclic) bond motifs is 7. The monoisotopic (exact) mass is 464 g/mol. The quantitative estimate of drug-likeness (QED) is 0.396. The van der Waals surface area contributed by atoms with Crippen LogP contribution in [0.4, 0.5) is 0 Å². The topological polar surface area (TPSA) is 29.5 Å². The molecule has 3 aromatic carbocycles. The van der Waals surface area contributed by atoms with Gasteiger partial charge in [-0.25, -0.2) is 0 Å². The molecular weight excluding hydrogens is 432 g/mol. The summed E-state index contributed by atoms with van der Waals surface area (Å²) >= 11 is 3.49. The summed E-state index contributed by atoms with van der Waals surface area (Å²) in [6, 6.07) is 13.3. The Bertz CT molecular complexity index is 1240. The Hall–Kier alpha value is -1.78. The number of thioether (sulfide) groups is 2. The lowest BCUT2D eigenvalue weighted by molar-refractivity contribution is 0.157. The molecule has 0 amide bonds. The molecule has 0 aliphatic heterocycles. The highest BCUT2D eigenvalue weighted by atomic mass is 32.2. The van der Waals surface area contributed by atoms with Crippen molar-refractivity contribution in [3.8, 4) is 22.6 Å². The summed E-state index contributed by atoms with van der Waals surface area (Å²) in [6.07, 6.45) is 6.40. The van der Waals surface area contributed by atoms with Crippen LogP contribution in [0.15, 0.2) is 46.2 Å². The zero-order chi connectivity index (χ0) is 23.1. The fourth-order valence-corrected chi connectivity index (χ4v) is 7.26. The van der Waals surface area contributed by atoms with E-state index in [1.165, 1.54) is 27.1 Å². The average molecular weight is 465 g/mol. The van der Waals surface area contributed by atoms with E-state index in [1.807, 2.05) is 6.07 Å². The number of methoxy groups -OCH3 is 1. The van der Waals surface area contributed by atoms with E-state index in [9.17, 15) is 5.11 Å². The van der Waals surface area contributed by atoms with Crippen LogP contribution in [0.2, 0.25) is 0 Å². The summed E-state index contributed by atoms with van der Waals surface area (Å²) in [7, 11) is 1.70. The normalized spacial score (nSPS) is 19.3. The number of phenolic OH excluding ortho intramolecular Hbond substituents is 1. The third-order valence-corrected chi connectivity index (χ3v) is 9.95. The molecule has 0 heterocycles. The van der Waals surface area contributed by atoms with Gasteiger partial charge < -0.3 is 9.84 Å². The minimum absolute atomic E-state index is 0.0749. The molecule has 1 fully saturated rings. The molecule has 168 valence electrons. The first-order chi connectivity index (χ1) is 15.1. The van der Waals surface area contributed by atoms with Crippen molar-refractivity contribution in [2.75, 3.05) is 19.6 Å². The molecule has 5 rings (SSSR count). The van der Waals surface area contributed by atoms with Crippen molar-refractivity contribution in [1.82, 2.24) is 0 Å². The number of phenols is 1. The van der Waals surface area contributed by atoms with Crippen LogP contribution in [0.5, 0.6) is 11.5 Å². The molecule has 1 spiro atoms. The van der Waals surface area contributed by atoms with Gasteiger partial charge in [-0.2, -0.15) is 0 Å². The van der Waals surface area contributed by atoms with E-state index < -0.39 is 0 Å². The number of aromatic hydroxyl groups is 1. The third kappa shape index (κ3) is 2.81. The summed E-state index contributed by atoms with van der Waals surface area (Å²) < 4.78 is 5.63. The van der Waals surface area contributed by atoms with E-state index in [0.717, 1.165) is 34.3 Å². The first-order valence-electron chi connectivity index (χ1n) is 11.2. The van der Waals surface area contributed by atoms with Crippen LogP contribution in [0.1, 0.15) is 51.7 Å². The van der Waals surface area contributed by atoms with E-state index in [-0.39, 0.29) is 16.2 Å². The van der Waals surface area contributed by atoms with Crippen molar-refractivity contribution in [2.45, 2.75) is 55.7 Å². The Morgan fingerprint density at radius 1 is 0.844 bits per heavy atom. The van der Waals surface area contributed by atoms with Crippen molar-refractivity contribution >= 4 is 34.3 Å². The standard InChI is InChI=1S/C28H32O2S2/c1-26(2)14-28(15-27(26,3)4)20-10-16(31-6)8-9-17(20)25-19-12-24(32-7)23(30-5)11-18(19)22(29)13-21(25)28/h8-13,29H,14-15H2,1-7H3. The average Bonchev–Trinajstić information content (AvgIpc) is 3.12. The molecule has 4 heteroatoms. The maximum atomic E-state index is 11.2. The van der Waals surface area contributed by atoms with E-state index >= 15 is 0 Å². The van der Waals surface area contributed by atoms with E-state index in [0.29, 0.717) is 5.75 Å². The second-order valence-corrected chi connectivity index (χ2v) is 12.4. The first-order valence-corrected chi connectivity index (χ1v) is 13.6. The van der Waals surface area contributed by atoms with Crippen LogP contribution < -0.4 is 4.74 Å². The van der Waals surface area contributed by atoms with Gasteiger partial charge in [0.2, 0.25) is 0 Å². The molecule has 0 atom stereocenters. The maximum absolute atomic E-state index is 11.2. The predicted molar refractivity (Wildman–Crippen MR) is 139 cm³/mol. The van der Waals surface area contributed by atoms with Crippen molar-refractivity contribution in [3.63, 3.8) is 0 Å². The van der Waals surface area contributed by atoms with Gasteiger partial charge in [0.15, 0.2) is 0 Å². The van der Waals surface area contributed by atoms with Crippen molar-refractivity contribution in [2.24, 2.45) is 10.8 Å². The molecule has 1 N–H and O–H groups in total. The highest BCUT2D eigenvalue weighted by molar-refractivity contribution is 7.98. The first kappa shape index (κ1) is 22.0. The Morgan fingerprint density at radius 2 is 1.53 bits per heavy atom. The minimum atomic E-state index is -0.0749. The van der Waals surface area contributed by atoms with Gasteiger partial charge in [-0.3, -0.25) is 0 Å². The van der Waals surface area contributed by atoms with Gasteiger partial charge in [-0.1, -0.05) is 33.8 Å². The van der Waals surface area contributed by atoms with Crippen molar-refractivity contribution in [3.05, 3.63) is 47.5 Å². The van der Waals surface area contributed by atoms with Crippen molar-refractivity contribution < 1.29 is 9.84 Å². The summed E-state index contributed by atoms with van der Waals surface area (Å²) in [5.74, 6) is 1.17. The second-order valence-electron chi connectivity index (χ2n) is 10.7. The Labute approximate surface area is 200 Å². The maximum Gasteiger partial charge on any atom is 0.133 e. The van der Waals surface area contributed by atoms with Crippen LogP contribution in [-0.2, 0) is 5.41 Å². The van der Waals surface area contributed by atoms with Gasteiger partial charge in [0, 0.05) is 20.6 Å². The summed E-state index contributed by atoms with van der Waals surface area (Å²) in [5.41, 5.74) is 5.67. The lowest BCUT2D eigenvalue weighted by Crippen LogP contribution is -2.25. The van der Waals surface area contributed by atoms with Crippen LogP contribution in [0.3, 0.4) is 0 Å². The molecule has 0 aromatic heterocycles. The van der Waals surface area contributed by atoms with E-state index in [2.05, 4.69) is 70.5 Å². The number of ether oxygens (including phenoxy) is 1. The van der Waals surface area contributed by atoms with Gasteiger partial charge in [-0.05, 0) is 94.2 Å². The molecule has 32 heavy (non-hydrogen) atoms. The lowest BCUT2D eigenvalue weighted by atomic mass is 9.71. The molecule has 0 unspecified atom stereocenters. The Balaban J connectivity index is 1.91. The highest BCUT2D eigenvalue weighted by Gasteiger charge is 2.59. The summed E-state index contributed by atoms with van der Waals surface area (Å²) in [6.45, 7) is 9.65. The summed E-state index contributed by atoms with van der Waals surface area (Å²) in [5, 5.41) is 13.2. The molecule has 0 bridgehead atoms. The van der Waals surface area contributed by atoms with Gasteiger partial charge in [0.05, 0.1) is 7.11 Å². The smallest absolute Gasteiger partial charge is 0.133 e. The fourth-order valence-electron chi connectivity index (χ4n) is 6.24. The van der Waals surface area contributed by atoms with Gasteiger partial charge in [-0.15, -0.1) is 23.5 Å². The molecular formula is C28H32O2S2. The number of benzene rings is 3. The van der Waals surface area contributed by atoms with Crippen LogP contribution in [0, 0.1) is 10.8 Å². The largest absolute Gasteiger partial charge is 0.507 e. The zero-order valence-corrected chi connectivity index (χ0v) is 21.7. The van der Waals surface area contributed by atoms with Gasteiger partial charge in [0.1, 0.15) is 11.5 Å². The van der Waals surface area contributed by atoms with Crippen LogP contribution >= 0.6 is 23.5 Å². The Morgan fingerprint density at radius 3 is 2.12 bits per heavy atom. The molecule has 0 radical (unpaired) electrons. The predicted octanol–water partition coefficient (Wildman–Crippen LogP) is 8.11. The lowest BCUT2D eigenvalue weighted by Gasteiger charge is -2.34. The van der Waals surface area contributed by atoms with Crippen LogP contribution in [-0.4, -0.2) is 24.7 Å². The molecule has 2 nitrogen and oxygen atoms in total. The minimum Gasteiger partial charge on any atom is -0.507 e. The number of hydrogen-bond donors (Lipinski definition) is 1. The molecule has 3 aromatic rings. The zero-order valence-electron chi connectivity index (χ0n) is 20.1. The van der Waals surface area contributed by atoms with Crippen LogP contribution in [0.25, 0.3) is 21.9 Å². The Kier molecular flexibility index (Phi) is 4.89. The summed E-state index contributed by atoms with van der Waals surface area (Å²) in [4.78, 5) is 2.40. The molecule has 2 aliphatic carbocycles. The molecule has 2 aliphatic rings. The second kappa shape index (κ2) is 7.11. The van der Waals surface area contributed by atoms with Crippen molar-refractivity contribution in [1.29, 1.82) is 0 Å². The van der Waals surface area contributed by atoms with E-state index in [1.54, 1.807) is 30.6 Å². The van der Waals surface area contributed by atoms with E-state index in [4.69, 9.17) is 4.74 Å². The van der Waals surface area contributed by atoms with Gasteiger partial charge in [0.25, 0.3) is 0 Å². The molecule has 1 saturated carbocycles. The molecule has 0 saturated heterocycles. The fraction of sp³-hybridized carbons (Fsp3) is 0.429. The number of rotatable bonds is 3. The highest BCUT2D eigenvalue weighted by Crippen LogP contribution is 2.68. The third-order valence-electron chi connectivity index (χ3n) is 8.47.